The number of nitrogens with zero attached hydrogens (tertiary/aromatic N) is 1. The zero-order chi connectivity index (χ0) is 17.0. The monoisotopic (exact) mass is 316 g/mol. The van der Waals surface area contributed by atoms with Crippen molar-refractivity contribution in [2.75, 3.05) is 0 Å². The maximum atomic E-state index is 12.3. The van der Waals surface area contributed by atoms with Crippen molar-refractivity contribution >= 4 is 23.8 Å². The lowest BCUT2D eigenvalue weighted by Gasteiger charge is -2.20. The Balaban J connectivity index is 2.14. The number of carbonyl (C=O) groups excluding carboxylic acids is 1. The highest BCUT2D eigenvalue weighted by atomic mass is 16.4. The predicted octanol–water partition coefficient (Wildman–Crippen LogP) is 0.544. The van der Waals surface area contributed by atoms with Gasteiger partial charge in [0.25, 0.3) is 5.56 Å². The van der Waals surface area contributed by atoms with E-state index in [0.717, 1.165) is 5.39 Å². The molecule has 1 atom stereocenters. The van der Waals surface area contributed by atoms with Crippen molar-refractivity contribution in [3.8, 4) is 0 Å². The maximum Gasteiger partial charge on any atom is 0.475 e. The number of fused-ring (bicyclic) bond motifs is 1. The van der Waals surface area contributed by atoms with Crippen LogP contribution in [0.2, 0.25) is 0 Å². The van der Waals surface area contributed by atoms with E-state index in [9.17, 15) is 19.6 Å². The van der Waals surface area contributed by atoms with Crippen molar-refractivity contribution in [1.82, 2.24) is 9.88 Å². The summed E-state index contributed by atoms with van der Waals surface area (Å²) in [7, 11) is -1.63. The number of benzene rings is 1. The summed E-state index contributed by atoms with van der Waals surface area (Å²) in [6, 6.07) is 8.94. The Morgan fingerprint density at radius 2 is 1.96 bits per heavy atom. The second-order valence-electron chi connectivity index (χ2n) is 6.05. The fourth-order valence-corrected chi connectivity index (χ4v) is 2.52. The number of nitrogens with one attached hydrogen (secondary N) is 1. The Morgan fingerprint density at radius 3 is 2.61 bits per heavy atom. The molecule has 1 heterocycles. The Bertz CT molecular complexity index is 742. The van der Waals surface area contributed by atoms with Crippen molar-refractivity contribution in [3.05, 3.63) is 46.9 Å². The van der Waals surface area contributed by atoms with Gasteiger partial charge < -0.3 is 19.9 Å². The fourth-order valence-electron chi connectivity index (χ4n) is 2.52. The van der Waals surface area contributed by atoms with Gasteiger partial charge in [-0.05, 0) is 29.9 Å². The Labute approximate surface area is 134 Å². The Hall–Kier alpha value is -2.12. The molecule has 0 unspecified atom stereocenters. The molecule has 0 aliphatic heterocycles. The molecule has 0 saturated heterocycles. The molecule has 6 nitrogen and oxygen atoms in total. The van der Waals surface area contributed by atoms with E-state index in [0.29, 0.717) is 11.8 Å². The third-order valence-corrected chi connectivity index (χ3v) is 3.63. The molecule has 2 rings (SSSR count). The average Bonchev–Trinajstić information content (AvgIpc) is 2.49. The van der Waals surface area contributed by atoms with Crippen molar-refractivity contribution < 1.29 is 14.8 Å². The van der Waals surface area contributed by atoms with Crippen molar-refractivity contribution in [2.45, 2.75) is 32.8 Å². The molecule has 1 aromatic heterocycles. The van der Waals surface area contributed by atoms with Gasteiger partial charge in [0.05, 0.1) is 5.94 Å². The molecule has 7 heteroatoms. The number of rotatable bonds is 6. The van der Waals surface area contributed by atoms with E-state index in [-0.39, 0.29) is 18.0 Å². The third kappa shape index (κ3) is 4.43. The molecule has 3 N–H and O–H groups in total. The van der Waals surface area contributed by atoms with Crippen LogP contribution in [0.1, 0.15) is 20.3 Å². The molecule has 2 aromatic rings. The summed E-state index contributed by atoms with van der Waals surface area (Å²) in [5, 5.41) is 22.6. The minimum atomic E-state index is -1.63. The molecule has 0 fully saturated rings. The van der Waals surface area contributed by atoms with Crippen LogP contribution in [0.3, 0.4) is 0 Å². The van der Waals surface area contributed by atoms with Crippen LogP contribution >= 0.6 is 0 Å². The van der Waals surface area contributed by atoms with E-state index in [1.165, 1.54) is 4.57 Å². The van der Waals surface area contributed by atoms with E-state index in [4.69, 9.17) is 0 Å². The van der Waals surface area contributed by atoms with Crippen LogP contribution < -0.4 is 10.9 Å². The Kier molecular flexibility index (Phi) is 5.57. The molecule has 122 valence electrons. The minimum Gasteiger partial charge on any atom is -0.426 e. The Morgan fingerprint density at radius 1 is 1.26 bits per heavy atom. The number of hydrogen-bond acceptors (Lipinski definition) is 4. The van der Waals surface area contributed by atoms with Crippen LogP contribution in [0.15, 0.2) is 41.3 Å². The topological polar surface area (TPSA) is 91.6 Å². The van der Waals surface area contributed by atoms with E-state index in [1.807, 2.05) is 26.0 Å². The van der Waals surface area contributed by atoms with E-state index in [1.54, 1.807) is 24.4 Å². The normalized spacial score (nSPS) is 12.4. The van der Waals surface area contributed by atoms with Gasteiger partial charge in [0.15, 0.2) is 0 Å². The first-order chi connectivity index (χ1) is 10.9. The van der Waals surface area contributed by atoms with Crippen LogP contribution in [0.25, 0.3) is 10.8 Å². The number of hydrogen-bond donors (Lipinski definition) is 3. The van der Waals surface area contributed by atoms with Crippen LogP contribution in [0, 0.1) is 5.92 Å². The lowest BCUT2D eigenvalue weighted by atomic mass is 9.75. The lowest BCUT2D eigenvalue weighted by molar-refractivity contribution is -0.122. The number of pyridine rings is 1. The summed E-state index contributed by atoms with van der Waals surface area (Å²) in [6.07, 6.45) is 2.01. The highest BCUT2D eigenvalue weighted by molar-refractivity contribution is 6.43. The molecular weight excluding hydrogens is 295 g/mol. The summed E-state index contributed by atoms with van der Waals surface area (Å²) in [6.45, 7) is 3.69. The molecule has 1 amide bonds. The number of aromatic nitrogens is 1. The smallest absolute Gasteiger partial charge is 0.426 e. The highest BCUT2D eigenvalue weighted by Crippen LogP contribution is 2.08. The highest BCUT2D eigenvalue weighted by Gasteiger charge is 2.26. The molecule has 0 radical (unpaired) electrons. The van der Waals surface area contributed by atoms with Gasteiger partial charge in [-0.3, -0.25) is 9.59 Å². The molecule has 0 aliphatic rings. The fraction of sp³-hybridized carbons (Fsp3) is 0.375. The molecular formula is C16H21BN2O4. The second-order valence-corrected chi connectivity index (χ2v) is 6.05. The minimum absolute atomic E-state index is 0.162. The zero-order valence-corrected chi connectivity index (χ0v) is 13.3. The van der Waals surface area contributed by atoms with E-state index >= 15 is 0 Å². The van der Waals surface area contributed by atoms with Gasteiger partial charge in [-0.1, -0.05) is 32.0 Å². The summed E-state index contributed by atoms with van der Waals surface area (Å²) < 4.78 is 1.31. The van der Waals surface area contributed by atoms with Gasteiger partial charge in [0.2, 0.25) is 5.91 Å². The summed E-state index contributed by atoms with van der Waals surface area (Å²) >= 11 is 0. The first-order valence-corrected chi connectivity index (χ1v) is 7.62. The zero-order valence-electron chi connectivity index (χ0n) is 13.3. The SMILES string of the molecule is CC(C)C[C@H](NC(=O)Cn1ccc2ccccc2c1=O)B(O)O. The molecule has 23 heavy (non-hydrogen) atoms. The largest absolute Gasteiger partial charge is 0.475 e. The first kappa shape index (κ1) is 17.2. The van der Waals surface area contributed by atoms with Gasteiger partial charge >= 0.3 is 7.12 Å². The second kappa shape index (κ2) is 7.43. The molecule has 0 spiro atoms. The van der Waals surface area contributed by atoms with Crippen LogP contribution in [0.5, 0.6) is 0 Å². The third-order valence-electron chi connectivity index (χ3n) is 3.63. The van der Waals surface area contributed by atoms with Gasteiger partial charge in [0.1, 0.15) is 6.54 Å². The quantitative estimate of drug-likeness (QED) is 0.679. The number of carbonyl (C=O) groups is 1. The number of amides is 1. The standard InChI is InChI=1S/C16H21BN2O4/c1-11(2)9-14(17(22)23)18-15(20)10-19-8-7-12-5-3-4-6-13(12)16(19)21/h3-8,11,14,22-23H,9-10H2,1-2H3,(H,18,20)/t14-/m0/s1. The molecule has 0 saturated carbocycles. The first-order valence-electron chi connectivity index (χ1n) is 7.62. The van der Waals surface area contributed by atoms with Crippen LogP contribution in [-0.2, 0) is 11.3 Å². The van der Waals surface area contributed by atoms with Gasteiger partial charge in [0, 0.05) is 11.6 Å². The average molecular weight is 316 g/mol. The van der Waals surface area contributed by atoms with Crippen molar-refractivity contribution in [1.29, 1.82) is 0 Å². The van der Waals surface area contributed by atoms with Crippen molar-refractivity contribution in [3.63, 3.8) is 0 Å². The van der Waals surface area contributed by atoms with Gasteiger partial charge in [-0.2, -0.15) is 0 Å². The summed E-state index contributed by atoms with van der Waals surface area (Å²) in [4.78, 5) is 24.4. The van der Waals surface area contributed by atoms with Crippen LogP contribution in [-0.4, -0.2) is 33.6 Å². The van der Waals surface area contributed by atoms with E-state index in [2.05, 4.69) is 5.32 Å². The van der Waals surface area contributed by atoms with Crippen molar-refractivity contribution in [2.24, 2.45) is 5.92 Å². The van der Waals surface area contributed by atoms with Crippen LogP contribution in [0.4, 0.5) is 0 Å². The van der Waals surface area contributed by atoms with E-state index < -0.39 is 19.0 Å². The molecule has 0 aliphatic carbocycles. The molecule has 0 bridgehead atoms. The van der Waals surface area contributed by atoms with Gasteiger partial charge in [-0.15, -0.1) is 0 Å². The molecule has 1 aromatic carbocycles. The predicted molar refractivity (Wildman–Crippen MR) is 89.8 cm³/mol. The van der Waals surface area contributed by atoms with Gasteiger partial charge in [-0.25, -0.2) is 0 Å². The maximum absolute atomic E-state index is 12.3. The lowest BCUT2D eigenvalue weighted by Crippen LogP contribution is -2.48. The summed E-state index contributed by atoms with van der Waals surface area (Å²) in [5.74, 6) is -0.981. The summed E-state index contributed by atoms with van der Waals surface area (Å²) in [5.41, 5.74) is -0.247.